The average molecular weight is 333 g/mol. The highest BCUT2D eigenvalue weighted by molar-refractivity contribution is 6.32. The lowest BCUT2D eigenvalue weighted by atomic mass is 10.3. The topological polar surface area (TPSA) is 73.6 Å². The molecule has 1 aromatic heterocycles. The minimum absolute atomic E-state index is 0.0982. The molecule has 1 amide bonds. The molecule has 0 aliphatic carbocycles. The van der Waals surface area contributed by atoms with Crippen molar-refractivity contribution >= 4 is 34.6 Å². The number of aromatic nitrogens is 1. The van der Waals surface area contributed by atoms with Crippen molar-refractivity contribution in [3.05, 3.63) is 47.5 Å². The summed E-state index contributed by atoms with van der Waals surface area (Å²) in [6.07, 6.45) is 0. The first-order chi connectivity index (χ1) is 11.2. The normalized spacial score (nSPS) is 10.5. The molecule has 0 aliphatic rings. The fraction of sp³-hybridized carbons (Fsp3) is 0.125. The monoisotopic (exact) mass is 332 g/mol. The molecule has 2 aromatic carbocycles. The van der Waals surface area contributed by atoms with Gasteiger partial charge in [0.1, 0.15) is 17.0 Å². The van der Waals surface area contributed by atoms with Crippen LogP contribution in [0.25, 0.3) is 11.1 Å². The molecule has 0 radical (unpaired) electrons. The van der Waals surface area contributed by atoms with E-state index in [9.17, 15) is 4.79 Å². The van der Waals surface area contributed by atoms with Gasteiger partial charge >= 0.3 is 6.01 Å². The number of carbonyl (C=O) groups is 1. The highest BCUT2D eigenvalue weighted by Gasteiger charge is 2.11. The summed E-state index contributed by atoms with van der Waals surface area (Å²) in [5, 5.41) is 2.97. The van der Waals surface area contributed by atoms with E-state index in [4.69, 9.17) is 25.5 Å². The van der Waals surface area contributed by atoms with Crippen LogP contribution in [0.2, 0.25) is 5.02 Å². The van der Waals surface area contributed by atoms with Crippen LogP contribution >= 0.6 is 11.6 Å². The summed E-state index contributed by atoms with van der Waals surface area (Å²) in [7, 11) is 1.56. The fourth-order valence-electron chi connectivity index (χ4n) is 1.95. The van der Waals surface area contributed by atoms with Crippen LogP contribution < -0.4 is 14.8 Å². The van der Waals surface area contributed by atoms with Gasteiger partial charge in [-0.25, -0.2) is 0 Å². The van der Waals surface area contributed by atoms with E-state index in [0.29, 0.717) is 27.6 Å². The van der Waals surface area contributed by atoms with Crippen molar-refractivity contribution in [1.82, 2.24) is 4.98 Å². The molecule has 0 bridgehead atoms. The number of oxazole rings is 1. The van der Waals surface area contributed by atoms with Crippen LogP contribution in [0.3, 0.4) is 0 Å². The SMILES string of the molecule is COc1ccc2nc(NC(=O)COc3ccccc3Cl)oc2c1. The van der Waals surface area contributed by atoms with Gasteiger partial charge in [0.2, 0.25) is 0 Å². The quantitative estimate of drug-likeness (QED) is 0.774. The van der Waals surface area contributed by atoms with Crippen LogP contribution in [-0.2, 0) is 4.79 Å². The number of benzene rings is 2. The Balaban J connectivity index is 1.64. The molecule has 0 unspecified atom stereocenters. The number of nitrogens with zero attached hydrogens (tertiary/aromatic N) is 1. The lowest BCUT2D eigenvalue weighted by molar-refractivity contribution is -0.118. The van der Waals surface area contributed by atoms with Gasteiger partial charge in [0, 0.05) is 6.07 Å². The van der Waals surface area contributed by atoms with E-state index in [1.165, 1.54) is 0 Å². The molecule has 7 heteroatoms. The van der Waals surface area contributed by atoms with Crippen LogP contribution in [0.15, 0.2) is 46.9 Å². The van der Waals surface area contributed by atoms with E-state index in [2.05, 4.69) is 10.3 Å². The molecular weight excluding hydrogens is 320 g/mol. The molecular formula is C16H13ClN2O4. The Hall–Kier alpha value is -2.73. The molecule has 3 aromatic rings. The summed E-state index contributed by atoms with van der Waals surface area (Å²) in [5.41, 5.74) is 1.14. The Morgan fingerprint density at radius 2 is 2.13 bits per heavy atom. The molecule has 0 spiro atoms. The van der Waals surface area contributed by atoms with Gasteiger partial charge in [-0.2, -0.15) is 4.98 Å². The number of amides is 1. The molecule has 3 rings (SSSR count). The summed E-state index contributed by atoms with van der Waals surface area (Å²) in [5.74, 6) is 0.684. The largest absolute Gasteiger partial charge is 0.497 e. The minimum Gasteiger partial charge on any atom is -0.497 e. The molecule has 1 heterocycles. The second-order valence-electron chi connectivity index (χ2n) is 4.62. The van der Waals surface area contributed by atoms with E-state index in [-0.39, 0.29) is 12.6 Å². The number of hydrogen-bond donors (Lipinski definition) is 1. The predicted octanol–water partition coefficient (Wildman–Crippen LogP) is 3.51. The number of hydrogen-bond acceptors (Lipinski definition) is 5. The first-order valence-electron chi connectivity index (χ1n) is 6.77. The van der Waals surface area contributed by atoms with Crippen molar-refractivity contribution in [2.45, 2.75) is 0 Å². The summed E-state index contributed by atoms with van der Waals surface area (Å²) >= 11 is 5.95. The number of anilines is 1. The zero-order valence-electron chi connectivity index (χ0n) is 12.2. The third-order valence-electron chi connectivity index (χ3n) is 3.04. The van der Waals surface area contributed by atoms with Gasteiger partial charge < -0.3 is 13.9 Å². The highest BCUT2D eigenvalue weighted by Crippen LogP contribution is 2.24. The summed E-state index contributed by atoms with van der Waals surface area (Å²) in [6, 6.07) is 12.2. The molecule has 1 N–H and O–H groups in total. The standard InChI is InChI=1S/C16H13ClN2O4/c1-21-10-6-7-12-14(8-10)23-16(18-12)19-15(20)9-22-13-5-3-2-4-11(13)17/h2-8H,9H2,1H3,(H,18,19,20). The van der Waals surface area contributed by atoms with Crippen LogP contribution in [0, 0.1) is 0 Å². The first kappa shape index (κ1) is 15.2. The first-order valence-corrected chi connectivity index (χ1v) is 7.15. The number of nitrogens with one attached hydrogen (secondary N) is 1. The van der Waals surface area contributed by atoms with Crippen molar-refractivity contribution < 1.29 is 18.7 Å². The van der Waals surface area contributed by atoms with E-state index < -0.39 is 5.91 Å². The number of ether oxygens (including phenoxy) is 2. The zero-order valence-corrected chi connectivity index (χ0v) is 13.0. The van der Waals surface area contributed by atoms with Crippen LogP contribution in [0.5, 0.6) is 11.5 Å². The molecule has 0 aliphatic heterocycles. The van der Waals surface area contributed by atoms with E-state index >= 15 is 0 Å². The third kappa shape index (κ3) is 3.54. The maximum absolute atomic E-state index is 11.9. The average Bonchev–Trinajstić information content (AvgIpc) is 2.95. The maximum Gasteiger partial charge on any atom is 0.302 e. The van der Waals surface area contributed by atoms with Gasteiger partial charge in [0.15, 0.2) is 12.2 Å². The van der Waals surface area contributed by atoms with Gasteiger partial charge in [0.05, 0.1) is 12.1 Å². The lowest BCUT2D eigenvalue weighted by Gasteiger charge is -2.06. The van der Waals surface area contributed by atoms with Gasteiger partial charge in [0.25, 0.3) is 5.91 Å². The summed E-state index contributed by atoms with van der Waals surface area (Å²) in [4.78, 5) is 16.1. The highest BCUT2D eigenvalue weighted by atomic mass is 35.5. The minimum atomic E-state index is -0.400. The van der Waals surface area contributed by atoms with Crippen LogP contribution in [0.4, 0.5) is 6.01 Å². The Morgan fingerprint density at radius 3 is 2.91 bits per heavy atom. The van der Waals surface area contributed by atoms with Crippen molar-refractivity contribution in [1.29, 1.82) is 0 Å². The molecule has 23 heavy (non-hydrogen) atoms. The number of para-hydroxylation sites is 1. The molecule has 118 valence electrons. The number of rotatable bonds is 5. The van der Waals surface area contributed by atoms with E-state index in [1.807, 2.05) is 0 Å². The van der Waals surface area contributed by atoms with E-state index in [0.717, 1.165) is 0 Å². The zero-order chi connectivity index (χ0) is 16.2. The van der Waals surface area contributed by atoms with E-state index in [1.54, 1.807) is 49.6 Å². The second kappa shape index (κ2) is 6.58. The third-order valence-corrected chi connectivity index (χ3v) is 3.35. The number of carbonyl (C=O) groups excluding carboxylic acids is 1. The summed E-state index contributed by atoms with van der Waals surface area (Å²) < 4.78 is 15.9. The van der Waals surface area contributed by atoms with Gasteiger partial charge in [-0.3, -0.25) is 10.1 Å². The van der Waals surface area contributed by atoms with Crippen LogP contribution in [-0.4, -0.2) is 24.6 Å². The number of halogens is 1. The van der Waals surface area contributed by atoms with Gasteiger partial charge in [-0.1, -0.05) is 23.7 Å². The summed E-state index contributed by atoms with van der Waals surface area (Å²) in [6.45, 7) is -0.203. The Kier molecular flexibility index (Phi) is 4.34. The van der Waals surface area contributed by atoms with Gasteiger partial charge in [-0.15, -0.1) is 0 Å². The molecule has 0 atom stereocenters. The maximum atomic E-state index is 11.9. The molecule has 0 fully saturated rings. The smallest absolute Gasteiger partial charge is 0.302 e. The Morgan fingerprint density at radius 1 is 1.30 bits per heavy atom. The van der Waals surface area contributed by atoms with Crippen molar-refractivity contribution in [3.63, 3.8) is 0 Å². The number of methoxy groups -OCH3 is 1. The predicted molar refractivity (Wildman–Crippen MR) is 86.1 cm³/mol. The lowest BCUT2D eigenvalue weighted by Crippen LogP contribution is -2.20. The second-order valence-corrected chi connectivity index (χ2v) is 5.03. The Bertz CT molecular complexity index is 847. The van der Waals surface area contributed by atoms with Crippen molar-refractivity contribution in [3.8, 4) is 11.5 Å². The van der Waals surface area contributed by atoms with Crippen LogP contribution in [0.1, 0.15) is 0 Å². The molecule has 0 saturated heterocycles. The van der Waals surface area contributed by atoms with Crippen molar-refractivity contribution in [2.75, 3.05) is 19.0 Å². The molecule has 0 saturated carbocycles. The van der Waals surface area contributed by atoms with Gasteiger partial charge in [-0.05, 0) is 24.3 Å². The Labute approximate surface area is 137 Å². The van der Waals surface area contributed by atoms with Crippen molar-refractivity contribution in [2.24, 2.45) is 0 Å². The number of fused-ring (bicyclic) bond motifs is 1. The molecule has 6 nitrogen and oxygen atoms in total. The fourth-order valence-corrected chi connectivity index (χ4v) is 2.14.